The number of fused-ring (bicyclic) bond motifs is 1. The van der Waals surface area contributed by atoms with Crippen molar-refractivity contribution < 1.29 is 14.4 Å². The van der Waals surface area contributed by atoms with Gasteiger partial charge in [0.1, 0.15) is 6.04 Å². The van der Waals surface area contributed by atoms with Crippen LogP contribution in [-0.4, -0.2) is 35.2 Å². The van der Waals surface area contributed by atoms with E-state index in [0.29, 0.717) is 19.4 Å². The van der Waals surface area contributed by atoms with E-state index in [1.54, 1.807) is 4.90 Å². The first-order chi connectivity index (χ1) is 10.0. The van der Waals surface area contributed by atoms with Gasteiger partial charge in [-0.1, -0.05) is 12.1 Å². The molecule has 3 amide bonds. The van der Waals surface area contributed by atoms with Crippen molar-refractivity contribution in [2.75, 3.05) is 11.9 Å². The Bertz CT molecular complexity index is 627. The molecule has 0 aromatic heterocycles. The lowest BCUT2D eigenvalue weighted by molar-refractivity contribution is -0.136. The van der Waals surface area contributed by atoms with E-state index in [0.717, 1.165) is 23.2 Å². The van der Waals surface area contributed by atoms with Crippen LogP contribution in [0.3, 0.4) is 0 Å². The van der Waals surface area contributed by atoms with Crippen molar-refractivity contribution in [1.29, 1.82) is 0 Å². The molecule has 0 spiro atoms. The molecule has 1 saturated heterocycles. The third kappa shape index (κ3) is 2.61. The van der Waals surface area contributed by atoms with E-state index in [1.807, 2.05) is 18.2 Å². The van der Waals surface area contributed by atoms with Crippen LogP contribution < -0.4 is 11.1 Å². The molecule has 110 valence electrons. The summed E-state index contributed by atoms with van der Waals surface area (Å²) in [5, 5.41) is 2.77. The number of anilines is 1. The zero-order valence-electron chi connectivity index (χ0n) is 11.6. The molecule has 0 unspecified atom stereocenters. The van der Waals surface area contributed by atoms with Gasteiger partial charge in [0.25, 0.3) is 0 Å². The molecular weight excluding hydrogens is 270 g/mol. The highest BCUT2D eigenvalue weighted by atomic mass is 16.2. The second-order valence-corrected chi connectivity index (χ2v) is 5.54. The molecular formula is C15H17N3O3. The first-order valence-corrected chi connectivity index (χ1v) is 7.05. The number of nitrogens with two attached hydrogens (primary N) is 1. The highest BCUT2D eigenvalue weighted by molar-refractivity contribution is 5.99. The highest BCUT2D eigenvalue weighted by Crippen LogP contribution is 2.25. The van der Waals surface area contributed by atoms with Crippen molar-refractivity contribution >= 4 is 23.4 Å². The fourth-order valence-electron chi connectivity index (χ4n) is 3.01. The molecule has 1 aromatic rings. The Balaban J connectivity index is 1.72. The maximum Gasteiger partial charge on any atom is 0.240 e. The topological polar surface area (TPSA) is 92.5 Å². The summed E-state index contributed by atoms with van der Waals surface area (Å²) in [5.41, 5.74) is 7.89. The van der Waals surface area contributed by atoms with Gasteiger partial charge in [0.15, 0.2) is 0 Å². The number of hydrogen-bond donors (Lipinski definition) is 2. The van der Waals surface area contributed by atoms with Gasteiger partial charge in [-0.2, -0.15) is 0 Å². The minimum Gasteiger partial charge on any atom is -0.368 e. The number of rotatable bonds is 3. The zero-order chi connectivity index (χ0) is 15.0. The lowest BCUT2D eigenvalue weighted by Gasteiger charge is -2.22. The van der Waals surface area contributed by atoms with Crippen molar-refractivity contribution in [1.82, 2.24) is 4.90 Å². The first kappa shape index (κ1) is 13.6. The molecule has 1 fully saturated rings. The Morgan fingerprint density at radius 2 is 2.19 bits per heavy atom. The van der Waals surface area contributed by atoms with Crippen molar-refractivity contribution in [3.8, 4) is 0 Å². The average molecular weight is 287 g/mol. The normalized spacial score (nSPS) is 20.3. The van der Waals surface area contributed by atoms with E-state index in [4.69, 9.17) is 5.73 Å². The fourth-order valence-corrected chi connectivity index (χ4v) is 3.01. The zero-order valence-corrected chi connectivity index (χ0v) is 11.6. The van der Waals surface area contributed by atoms with Crippen molar-refractivity contribution in [3.05, 3.63) is 29.3 Å². The number of primary amides is 1. The number of amides is 3. The summed E-state index contributed by atoms with van der Waals surface area (Å²) >= 11 is 0. The maximum atomic E-state index is 12.3. The van der Waals surface area contributed by atoms with E-state index in [-0.39, 0.29) is 18.2 Å². The van der Waals surface area contributed by atoms with Crippen molar-refractivity contribution in [2.45, 2.75) is 31.7 Å². The Kier molecular flexibility index (Phi) is 3.37. The third-order valence-electron chi connectivity index (χ3n) is 4.06. The quantitative estimate of drug-likeness (QED) is 0.831. The molecule has 1 aromatic carbocycles. The molecule has 1 atom stereocenters. The molecule has 2 heterocycles. The van der Waals surface area contributed by atoms with E-state index in [2.05, 4.69) is 5.32 Å². The predicted octanol–water partition coefficient (Wildman–Crippen LogP) is 0.200. The lowest BCUT2D eigenvalue weighted by Crippen LogP contribution is -2.44. The number of carbonyl (C=O) groups excluding carboxylic acids is 3. The molecule has 0 aliphatic carbocycles. The van der Waals surface area contributed by atoms with Crippen LogP contribution in [0.1, 0.15) is 24.0 Å². The van der Waals surface area contributed by atoms with E-state index in [9.17, 15) is 14.4 Å². The van der Waals surface area contributed by atoms with Crippen LogP contribution >= 0.6 is 0 Å². The van der Waals surface area contributed by atoms with E-state index >= 15 is 0 Å². The van der Waals surface area contributed by atoms with E-state index in [1.165, 1.54) is 0 Å². The van der Waals surface area contributed by atoms with Crippen LogP contribution in [0.2, 0.25) is 0 Å². The molecule has 0 saturated carbocycles. The number of carbonyl (C=O) groups is 3. The van der Waals surface area contributed by atoms with Crippen LogP contribution in [0.25, 0.3) is 0 Å². The molecule has 2 aliphatic rings. The van der Waals surface area contributed by atoms with Gasteiger partial charge in [-0.25, -0.2) is 0 Å². The fraction of sp³-hybridized carbons (Fsp3) is 0.400. The third-order valence-corrected chi connectivity index (χ3v) is 4.06. The molecule has 0 bridgehead atoms. The predicted molar refractivity (Wildman–Crippen MR) is 76.4 cm³/mol. The van der Waals surface area contributed by atoms with Crippen LogP contribution in [0.4, 0.5) is 5.69 Å². The standard InChI is InChI=1S/C15H17N3O3/c16-15(21)12-2-1-5-18(12)14(20)7-9-3-4-10-8-13(19)17-11(10)6-9/h3-4,6,12H,1-2,5,7-8H2,(H2,16,21)(H,17,19)/t12-/m0/s1. The summed E-state index contributed by atoms with van der Waals surface area (Å²) in [4.78, 5) is 36.6. The summed E-state index contributed by atoms with van der Waals surface area (Å²) in [7, 11) is 0. The number of likely N-dealkylation sites (tertiary alicyclic amines) is 1. The van der Waals surface area contributed by atoms with Gasteiger partial charge in [0, 0.05) is 12.2 Å². The Hall–Kier alpha value is -2.37. The second-order valence-electron chi connectivity index (χ2n) is 5.54. The first-order valence-electron chi connectivity index (χ1n) is 7.05. The number of benzene rings is 1. The average Bonchev–Trinajstić information content (AvgIpc) is 3.03. The summed E-state index contributed by atoms with van der Waals surface area (Å²) in [5.74, 6) is -0.565. The van der Waals surface area contributed by atoms with Crippen LogP contribution in [0.5, 0.6) is 0 Å². The smallest absolute Gasteiger partial charge is 0.240 e. The van der Waals surface area contributed by atoms with Crippen LogP contribution in [0, 0.1) is 0 Å². The van der Waals surface area contributed by atoms with Gasteiger partial charge in [-0.05, 0) is 30.0 Å². The van der Waals surface area contributed by atoms with Gasteiger partial charge in [0.05, 0.1) is 12.8 Å². The lowest BCUT2D eigenvalue weighted by atomic mass is 10.1. The minimum atomic E-state index is -0.480. The van der Waals surface area contributed by atoms with Crippen molar-refractivity contribution in [2.24, 2.45) is 5.73 Å². The van der Waals surface area contributed by atoms with Crippen LogP contribution in [0.15, 0.2) is 18.2 Å². The minimum absolute atomic E-state index is 0.0261. The molecule has 3 rings (SSSR count). The molecule has 0 radical (unpaired) electrons. The molecule has 6 heteroatoms. The van der Waals surface area contributed by atoms with Crippen LogP contribution in [-0.2, 0) is 27.2 Å². The monoisotopic (exact) mass is 287 g/mol. The Labute approximate surface area is 122 Å². The molecule has 3 N–H and O–H groups in total. The van der Waals surface area contributed by atoms with Gasteiger partial charge in [-0.15, -0.1) is 0 Å². The summed E-state index contributed by atoms with van der Waals surface area (Å²) in [6.45, 7) is 0.577. The summed E-state index contributed by atoms with van der Waals surface area (Å²) in [6.07, 6.45) is 2.05. The Morgan fingerprint density at radius 1 is 1.38 bits per heavy atom. The molecule has 2 aliphatic heterocycles. The highest BCUT2D eigenvalue weighted by Gasteiger charge is 2.32. The molecule has 6 nitrogen and oxygen atoms in total. The summed E-state index contributed by atoms with van der Waals surface area (Å²) in [6, 6.07) is 5.07. The van der Waals surface area contributed by atoms with Gasteiger partial charge < -0.3 is 16.0 Å². The number of nitrogens with zero attached hydrogens (tertiary/aromatic N) is 1. The maximum absolute atomic E-state index is 12.3. The van der Waals surface area contributed by atoms with E-state index < -0.39 is 11.9 Å². The van der Waals surface area contributed by atoms with Gasteiger partial charge >= 0.3 is 0 Å². The number of hydrogen-bond acceptors (Lipinski definition) is 3. The Morgan fingerprint density at radius 3 is 2.95 bits per heavy atom. The van der Waals surface area contributed by atoms with Gasteiger partial charge in [-0.3, -0.25) is 14.4 Å². The number of nitrogens with one attached hydrogen (secondary N) is 1. The van der Waals surface area contributed by atoms with Gasteiger partial charge in [0.2, 0.25) is 17.7 Å². The SMILES string of the molecule is NC(=O)[C@@H]1CCCN1C(=O)Cc1ccc2c(c1)NC(=O)C2. The molecule has 21 heavy (non-hydrogen) atoms. The largest absolute Gasteiger partial charge is 0.368 e. The second kappa shape index (κ2) is 5.20. The summed E-state index contributed by atoms with van der Waals surface area (Å²) < 4.78 is 0. The van der Waals surface area contributed by atoms with Crippen molar-refractivity contribution in [3.63, 3.8) is 0 Å².